The highest BCUT2D eigenvalue weighted by molar-refractivity contribution is 14.1. The van der Waals surface area contributed by atoms with Crippen molar-refractivity contribution in [3.63, 3.8) is 0 Å². The van der Waals surface area contributed by atoms with E-state index in [2.05, 4.69) is 20.6 Å². The lowest BCUT2D eigenvalue weighted by Gasteiger charge is -2.11. The van der Waals surface area contributed by atoms with Crippen LogP contribution in [-0.2, 0) is 20.9 Å². The molecular weight excluding hydrogens is 523 g/mol. The van der Waals surface area contributed by atoms with Gasteiger partial charge in [-0.1, -0.05) is 34.7 Å². The van der Waals surface area contributed by atoms with E-state index in [1.165, 1.54) is 12.1 Å². The number of amides is 1. The summed E-state index contributed by atoms with van der Waals surface area (Å²) in [5.74, 6) is -0.740. The zero-order valence-corrected chi connectivity index (χ0v) is 19.0. The summed E-state index contributed by atoms with van der Waals surface area (Å²) in [6.07, 6.45) is 2.28. The molecule has 0 radical (unpaired) electrons. The van der Waals surface area contributed by atoms with Gasteiger partial charge in [0.25, 0.3) is 5.91 Å². The number of rotatable bonds is 8. The number of benzene rings is 1. The Morgan fingerprint density at radius 2 is 1.77 bits per heavy atom. The van der Waals surface area contributed by atoms with Gasteiger partial charge in [0.15, 0.2) is 17.5 Å². The minimum absolute atomic E-state index is 0.0779. The van der Waals surface area contributed by atoms with Crippen molar-refractivity contribution >= 4 is 56.1 Å². The van der Waals surface area contributed by atoms with Crippen LogP contribution < -0.4 is 27.2 Å². The number of hydrogen-bond donors (Lipinski definition) is 6. The Bertz CT molecular complexity index is 1030. The van der Waals surface area contributed by atoms with E-state index in [-0.39, 0.29) is 28.2 Å². The second-order valence-electron chi connectivity index (χ2n) is 6.32. The van der Waals surface area contributed by atoms with Crippen LogP contribution in [0.25, 0.3) is 0 Å². The summed E-state index contributed by atoms with van der Waals surface area (Å²) in [4.78, 5) is 20.3. The van der Waals surface area contributed by atoms with Crippen molar-refractivity contribution < 1.29 is 13.2 Å². The molecule has 2 rings (SSSR count). The van der Waals surface area contributed by atoms with Gasteiger partial charge in [0.1, 0.15) is 5.82 Å². The van der Waals surface area contributed by atoms with Gasteiger partial charge in [0, 0.05) is 11.0 Å². The molecule has 0 atom stereocenters. The van der Waals surface area contributed by atoms with E-state index in [0.717, 1.165) is 24.8 Å². The first-order valence-electron chi connectivity index (χ1n) is 8.85. The fourth-order valence-corrected chi connectivity index (χ4v) is 3.57. The Balaban J connectivity index is 1.76. The summed E-state index contributed by atoms with van der Waals surface area (Å²) in [5.41, 5.74) is 12.7. The van der Waals surface area contributed by atoms with Gasteiger partial charge >= 0.3 is 0 Å². The van der Waals surface area contributed by atoms with Crippen LogP contribution in [-0.4, -0.2) is 36.8 Å². The van der Waals surface area contributed by atoms with Crippen molar-refractivity contribution in [2.24, 2.45) is 5.14 Å². The number of aromatic nitrogens is 2. The predicted octanol–water partition coefficient (Wildman–Crippen LogP) is 0.500. The average molecular weight is 546 g/mol. The SMILES string of the molecule is N=C(NCCCCc1ccc(S(N)(=O)=O)cc1)NC(=O)c1nc(CI)c(N)nc1N. The second kappa shape index (κ2) is 10.5. The molecule has 0 saturated heterocycles. The van der Waals surface area contributed by atoms with Gasteiger partial charge in [-0.2, -0.15) is 0 Å². The number of carbonyl (C=O) groups is 1. The first-order valence-corrected chi connectivity index (χ1v) is 11.9. The standard InChI is InChI=1S/C17H23IN8O3S/c18-9-12-14(19)25-15(20)13(24-12)16(27)26-17(21)23-8-2-1-3-10-4-6-11(7-5-10)30(22,28)29/h4-7H,1-3,8-9H2,(H4,19,20,25)(H2,22,28,29)(H3,21,23,26,27). The Kier molecular flexibility index (Phi) is 8.31. The van der Waals surface area contributed by atoms with E-state index < -0.39 is 15.9 Å². The number of alkyl halides is 1. The summed E-state index contributed by atoms with van der Waals surface area (Å²) in [6, 6.07) is 6.39. The summed E-state index contributed by atoms with van der Waals surface area (Å²) in [6.45, 7) is 0.469. The lowest BCUT2D eigenvalue weighted by Crippen LogP contribution is -2.41. The van der Waals surface area contributed by atoms with Crippen LogP contribution >= 0.6 is 22.6 Å². The molecule has 0 spiro atoms. The number of carbonyl (C=O) groups excluding carboxylic acids is 1. The minimum atomic E-state index is -3.69. The highest BCUT2D eigenvalue weighted by Gasteiger charge is 2.17. The van der Waals surface area contributed by atoms with Crippen molar-refractivity contribution in [3.05, 3.63) is 41.2 Å². The summed E-state index contributed by atoms with van der Waals surface area (Å²) < 4.78 is 22.9. The number of unbranched alkanes of at least 4 members (excludes halogenated alkanes) is 1. The Labute approximate surface area is 187 Å². The zero-order chi connectivity index (χ0) is 22.3. The number of halogens is 1. The summed E-state index contributed by atoms with van der Waals surface area (Å²) in [5, 5.41) is 18.1. The number of hydrogen-bond acceptors (Lipinski definition) is 8. The number of nitrogens with zero attached hydrogens (tertiary/aromatic N) is 2. The third-order valence-electron chi connectivity index (χ3n) is 4.05. The molecule has 13 heteroatoms. The fourth-order valence-electron chi connectivity index (χ4n) is 2.49. The van der Waals surface area contributed by atoms with E-state index in [0.29, 0.717) is 16.7 Å². The number of anilines is 2. The van der Waals surface area contributed by atoms with Gasteiger partial charge in [-0.15, -0.1) is 0 Å². The molecule has 1 aromatic carbocycles. The van der Waals surface area contributed by atoms with E-state index >= 15 is 0 Å². The van der Waals surface area contributed by atoms with E-state index in [1.807, 2.05) is 22.6 Å². The smallest absolute Gasteiger partial charge is 0.280 e. The zero-order valence-electron chi connectivity index (χ0n) is 16.0. The van der Waals surface area contributed by atoms with Crippen molar-refractivity contribution in [3.8, 4) is 0 Å². The van der Waals surface area contributed by atoms with Crippen LogP contribution in [0.3, 0.4) is 0 Å². The maximum Gasteiger partial charge on any atom is 0.280 e. The molecule has 162 valence electrons. The number of nitrogen functional groups attached to an aromatic ring is 2. The Morgan fingerprint density at radius 1 is 1.10 bits per heavy atom. The monoisotopic (exact) mass is 546 g/mol. The van der Waals surface area contributed by atoms with Crippen molar-refractivity contribution in [1.29, 1.82) is 5.41 Å². The molecular formula is C17H23IN8O3S. The van der Waals surface area contributed by atoms with Crippen LogP contribution in [0, 0.1) is 5.41 Å². The highest BCUT2D eigenvalue weighted by atomic mass is 127. The maximum absolute atomic E-state index is 12.3. The Morgan fingerprint density at radius 3 is 2.37 bits per heavy atom. The van der Waals surface area contributed by atoms with Crippen LogP contribution in [0.15, 0.2) is 29.2 Å². The second-order valence-corrected chi connectivity index (χ2v) is 8.65. The molecule has 30 heavy (non-hydrogen) atoms. The van der Waals surface area contributed by atoms with Crippen LogP contribution in [0.1, 0.15) is 34.6 Å². The average Bonchev–Trinajstić information content (AvgIpc) is 2.67. The molecule has 0 saturated carbocycles. The molecule has 1 heterocycles. The molecule has 0 unspecified atom stereocenters. The molecule has 1 aromatic heterocycles. The largest absolute Gasteiger partial charge is 0.382 e. The molecule has 0 fully saturated rings. The van der Waals surface area contributed by atoms with Crippen LogP contribution in [0.4, 0.5) is 11.6 Å². The number of primary sulfonamides is 1. The van der Waals surface area contributed by atoms with Crippen molar-refractivity contribution in [1.82, 2.24) is 20.6 Å². The topological polar surface area (TPSA) is 203 Å². The lowest BCUT2D eigenvalue weighted by atomic mass is 10.1. The van der Waals surface area contributed by atoms with Crippen LogP contribution in [0.5, 0.6) is 0 Å². The molecule has 1 amide bonds. The van der Waals surface area contributed by atoms with E-state index in [4.69, 9.17) is 22.0 Å². The van der Waals surface area contributed by atoms with E-state index in [9.17, 15) is 13.2 Å². The van der Waals surface area contributed by atoms with Gasteiger partial charge in [-0.25, -0.2) is 23.5 Å². The first-order chi connectivity index (χ1) is 14.1. The van der Waals surface area contributed by atoms with E-state index in [1.54, 1.807) is 12.1 Å². The number of nitrogens with two attached hydrogens (primary N) is 3. The fraction of sp³-hybridized carbons (Fsp3) is 0.294. The molecule has 0 aliphatic carbocycles. The summed E-state index contributed by atoms with van der Waals surface area (Å²) >= 11 is 2.05. The third-order valence-corrected chi connectivity index (χ3v) is 5.70. The normalized spacial score (nSPS) is 11.1. The van der Waals surface area contributed by atoms with Gasteiger partial charge in [0.2, 0.25) is 10.0 Å². The highest BCUT2D eigenvalue weighted by Crippen LogP contribution is 2.15. The molecule has 9 N–H and O–H groups in total. The maximum atomic E-state index is 12.3. The minimum Gasteiger partial charge on any atom is -0.382 e. The molecule has 2 aromatic rings. The van der Waals surface area contributed by atoms with Crippen molar-refractivity contribution in [2.75, 3.05) is 18.0 Å². The molecule has 0 aliphatic rings. The van der Waals surface area contributed by atoms with Gasteiger partial charge in [-0.05, 0) is 37.0 Å². The van der Waals surface area contributed by atoms with Crippen molar-refractivity contribution in [2.45, 2.75) is 28.6 Å². The number of sulfonamides is 1. The number of nitrogens with one attached hydrogen (secondary N) is 3. The van der Waals surface area contributed by atoms with Crippen LogP contribution in [0.2, 0.25) is 0 Å². The number of guanidine groups is 1. The molecule has 11 nitrogen and oxygen atoms in total. The first kappa shape index (κ1) is 23.8. The Hall–Kier alpha value is -2.52. The quantitative estimate of drug-likeness (QED) is 0.0903. The number of aryl methyl sites for hydroxylation is 1. The van der Waals surface area contributed by atoms with Gasteiger partial charge in [-0.3, -0.25) is 15.5 Å². The molecule has 0 bridgehead atoms. The van der Waals surface area contributed by atoms with Gasteiger partial charge in [0.05, 0.1) is 10.6 Å². The predicted molar refractivity (Wildman–Crippen MR) is 123 cm³/mol. The van der Waals surface area contributed by atoms with Gasteiger partial charge < -0.3 is 16.8 Å². The third kappa shape index (κ3) is 6.77. The lowest BCUT2D eigenvalue weighted by molar-refractivity contribution is 0.0971. The summed E-state index contributed by atoms with van der Waals surface area (Å²) in [7, 11) is -3.69. The molecule has 0 aliphatic heterocycles.